The minimum absolute atomic E-state index is 0.0770. The fraction of sp³-hybridized carbons (Fsp3) is 0.423. The molecule has 1 heterocycles. The number of amides is 1. The Morgan fingerprint density at radius 2 is 1.68 bits per heavy atom. The SMILES string of the molecule is CC(C)(C)c1ccc(C2=NC3(CCCCCC3)N(C(=O)c3cccc(Cl)c3)C2=S)cc1. The lowest BCUT2D eigenvalue weighted by Crippen LogP contribution is -2.49. The van der Waals surface area contributed by atoms with Crippen LogP contribution < -0.4 is 0 Å². The highest BCUT2D eigenvalue weighted by Gasteiger charge is 2.48. The van der Waals surface area contributed by atoms with Gasteiger partial charge in [-0.25, -0.2) is 0 Å². The molecule has 1 spiro atoms. The predicted molar refractivity (Wildman–Crippen MR) is 132 cm³/mol. The molecule has 0 atom stereocenters. The molecular formula is C26H29ClN2OS. The van der Waals surface area contributed by atoms with Crippen LogP contribution in [0.2, 0.25) is 5.02 Å². The molecule has 4 rings (SSSR count). The molecule has 0 unspecified atom stereocenters. The normalized spacial score (nSPS) is 18.8. The van der Waals surface area contributed by atoms with Gasteiger partial charge in [-0.2, -0.15) is 0 Å². The first kappa shape index (κ1) is 22.2. The molecule has 2 aliphatic rings. The van der Waals surface area contributed by atoms with Gasteiger partial charge in [0.2, 0.25) is 0 Å². The number of nitrogens with zero attached hydrogens (tertiary/aromatic N) is 2. The highest BCUT2D eigenvalue weighted by atomic mass is 35.5. The minimum Gasteiger partial charge on any atom is -0.271 e. The van der Waals surface area contributed by atoms with E-state index in [0.717, 1.165) is 37.0 Å². The number of benzene rings is 2. The molecule has 1 aliphatic carbocycles. The van der Waals surface area contributed by atoms with Crippen LogP contribution in [0.25, 0.3) is 0 Å². The van der Waals surface area contributed by atoms with Crippen molar-refractivity contribution in [3.8, 4) is 0 Å². The zero-order valence-electron chi connectivity index (χ0n) is 18.5. The van der Waals surface area contributed by atoms with Crippen LogP contribution in [0.3, 0.4) is 0 Å². The molecule has 0 bridgehead atoms. The third-order valence-corrected chi connectivity index (χ3v) is 6.96. The zero-order valence-corrected chi connectivity index (χ0v) is 20.0. The van der Waals surface area contributed by atoms with Gasteiger partial charge in [0.25, 0.3) is 5.91 Å². The quantitative estimate of drug-likeness (QED) is 0.461. The van der Waals surface area contributed by atoms with E-state index in [2.05, 4.69) is 45.0 Å². The van der Waals surface area contributed by atoms with Crippen LogP contribution in [0, 0.1) is 0 Å². The predicted octanol–water partition coefficient (Wildman–Crippen LogP) is 6.96. The Kier molecular flexibility index (Phi) is 6.06. The molecule has 3 nitrogen and oxygen atoms in total. The van der Waals surface area contributed by atoms with Crippen molar-refractivity contribution in [2.45, 2.75) is 70.4 Å². The molecule has 1 amide bonds. The summed E-state index contributed by atoms with van der Waals surface area (Å²) in [6, 6.07) is 15.6. The Hall–Kier alpha value is -2.04. The molecule has 1 saturated carbocycles. The first-order valence-electron chi connectivity index (χ1n) is 11.1. The number of rotatable bonds is 2. The van der Waals surface area contributed by atoms with Gasteiger partial charge in [0.15, 0.2) is 0 Å². The number of hydrogen-bond donors (Lipinski definition) is 0. The lowest BCUT2D eigenvalue weighted by atomic mass is 9.86. The zero-order chi connectivity index (χ0) is 22.2. The number of thiocarbonyl (C=S) groups is 1. The molecule has 0 N–H and O–H groups in total. The smallest absolute Gasteiger partial charge is 0.261 e. The second kappa shape index (κ2) is 8.48. The lowest BCUT2D eigenvalue weighted by Gasteiger charge is -2.35. The average molecular weight is 453 g/mol. The van der Waals surface area contributed by atoms with Gasteiger partial charge in [-0.05, 0) is 54.9 Å². The van der Waals surface area contributed by atoms with Crippen molar-refractivity contribution >= 4 is 40.4 Å². The summed E-state index contributed by atoms with van der Waals surface area (Å²) in [5.41, 5.74) is 3.03. The van der Waals surface area contributed by atoms with Gasteiger partial charge < -0.3 is 0 Å². The fourth-order valence-corrected chi connectivity index (χ4v) is 5.19. The van der Waals surface area contributed by atoms with Crippen molar-refractivity contribution in [1.29, 1.82) is 0 Å². The standard InChI is InChI=1S/C26H29ClN2OS/c1-25(2,3)20-13-11-18(12-14-20)22-24(31)29(23(30)19-9-8-10-21(27)17-19)26(28-22)15-6-4-5-7-16-26/h8-14,17H,4-7,15-16H2,1-3H3. The van der Waals surface area contributed by atoms with Gasteiger partial charge >= 0.3 is 0 Å². The summed E-state index contributed by atoms with van der Waals surface area (Å²) in [6.45, 7) is 6.60. The van der Waals surface area contributed by atoms with Gasteiger partial charge in [-0.3, -0.25) is 14.7 Å². The van der Waals surface area contributed by atoms with E-state index in [0.29, 0.717) is 15.6 Å². The maximum atomic E-state index is 13.7. The Morgan fingerprint density at radius 1 is 1.03 bits per heavy atom. The van der Waals surface area contributed by atoms with Gasteiger partial charge in [0.1, 0.15) is 16.4 Å². The van der Waals surface area contributed by atoms with Crippen molar-refractivity contribution < 1.29 is 4.79 Å². The van der Waals surface area contributed by atoms with E-state index >= 15 is 0 Å². The lowest BCUT2D eigenvalue weighted by molar-refractivity contribution is 0.0692. The number of halogens is 1. The van der Waals surface area contributed by atoms with Gasteiger partial charge in [-0.1, -0.05) is 87.8 Å². The molecule has 0 saturated heterocycles. The molecule has 1 aliphatic heterocycles. The second-order valence-electron chi connectivity index (χ2n) is 9.64. The summed E-state index contributed by atoms with van der Waals surface area (Å²) < 4.78 is 0. The first-order valence-corrected chi connectivity index (χ1v) is 11.9. The summed E-state index contributed by atoms with van der Waals surface area (Å²) in [4.78, 5) is 21.2. The van der Waals surface area contributed by atoms with Gasteiger partial charge in [0, 0.05) is 16.1 Å². The molecule has 162 valence electrons. The molecule has 5 heteroatoms. The van der Waals surface area contributed by atoms with Crippen molar-refractivity contribution in [2.24, 2.45) is 4.99 Å². The number of aliphatic imine (C=N–C) groups is 1. The largest absolute Gasteiger partial charge is 0.271 e. The van der Waals surface area contributed by atoms with Crippen molar-refractivity contribution in [3.63, 3.8) is 0 Å². The van der Waals surface area contributed by atoms with E-state index in [1.165, 1.54) is 18.4 Å². The number of carbonyl (C=O) groups is 1. The third-order valence-electron chi connectivity index (χ3n) is 6.35. The summed E-state index contributed by atoms with van der Waals surface area (Å²) in [5, 5.41) is 0.546. The van der Waals surface area contributed by atoms with Crippen molar-refractivity contribution in [1.82, 2.24) is 4.90 Å². The second-order valence-corrected chi connectivity index (χ2v) is 10.5. The summed E-state index contributed by atoms with van der Waals surface area (Å²) in [7, 11) is 0. The summed E-state index contributed by atoms with van der Waals surface area (Å²) in [5.74, 6) is -0.112. The van der Waals surface area contributed by atoms with Gasteiger partial charge in [-0.15, -0.1) is 0 Å². The number of carbonyl (C=O) groups excluding carboxylic acids is 1. The van der Waals surface area contributed by atoms with Gasteiger partial charge in [0.05, 0.1) is 0 Å². The van der Waals surface area contributed by atoms with Crippen molar-refractivity contribution in [3.05, 3.63) is 70.2 Å². The molecule has 0 radical (unpaired) electrons. The van der Waals surface area contributed by atoms with E-state index in [1.807, 2.05) is 0 Å². The van der Waals surface area contributed by atoms with E-state index in [-0.39, 0.29) is 11.3 Å². The van der Waals surface area contributed by atoms with Crippen LogP contribution in [0.4, 0.5) is 0 Å². The van der Waals surface area contributed by atoms with E-state index in [1.54, 1.807) is 29.2 Å². The molecule has 1 fully saturated rings. The summed E-state index contributed by atoms with van der Waals surface area (Å²) in [6.07, 6.45) is 6.09. The maximum absolute atomic E-state index is 13.7. The number of hydrogen-bond acceptors (Lipinski definition) is 3. The molecule has 2 aromatic rings. The Labute approximate surface area is 195 Å². The average Bonchev–Trinajstić information content (AvgIpc) is 2.86. The minimum atomic E-state index is -0.592. The third kappa shape index (κ3) is 4.33. The van der Waals surface area contributed by atoms with Crippen LogP contribution in [0.15, 0.2) is 53.5 Å². The monoisotopic (exact) mass is 452 g/mol. The molecule has 31 heavy (non-hydrogen) atoms. The Morgan fingerprint density at radius 3 is 2.26 bits per heavy atom. The Bertz CT molecular complexity index is 1030. The van der Waals surface area contributed by atoms with E-state index < -0.39 is 5.66 Å². The van der Waals surface area contributed by atoms with Crippen molar-refractivity contribution in [2.75, 3.05) is 0 Å². The van der Waals surface area contributed by atoms with Crippen LogP contribution >= 0.6 is 23.8 Å². The maximum Gasteiger partial charge on any atom is 0.261 e. The van der Waals surface area contributed by atoms with E-state index in [9.17, 15) is 4.79 Å². The first-order chi connectivity index (χ1) is 14.7. The fourth-order valence-electron chi connectivity index (χ4n) is 4.58. The molecular weight excluding hydrogens is 424 g/mol. The Balaban J connectivity index is 1.76. The topological polar surface area (TPSA) is 32.7 Å². The van der Waals surface area contributed by atoms with Crippen LogP contribution in [-0.2, 0) is 5.41 Å². The van der Waals surface area contributed by atoms with Crippen LogP contribution in [0.1, 0.15) is 80.8 Å². The van der Waals surface area contributed by atoms with Crippen LogP contribution in [-0.4, -0.2) is 27.2 Å². The summed E-state index contributed by atoms with van der Waals surface area (Å²) >= 11 is 12.1. The van der Waals surface area contributed by atoms with Crippen LogP contribution in [0.5, 0.6) is 0 Å². The van der Waals surface area contributed by atoms with E-state index in [4.69, 9.17) is 28.8 Å². The molecule has 0 aromatic heterocycles. The highest BCUT2D eigenvalue weighted by molar-refractivity contribution is 7.82. The molecule has 2 aromatic carbocycles. The highest BCUT2D eigenvalue weighted by Crippen LogP contribution is 2.40.